The minimum atomic E-state index is -0.280. The van der Waals surface area contributed by atoms with Gasteiger partial charge in [0.2, 0.25) is 0 Å². The molecule has 1 amide bonds. The number of amides is 1. The first kappa shape index (κ1) is 22.3. The van der Waals surface area contributed by atoms with Crippen LogP contribution in [-0.2, 0) is 6.61 Å². The Morgan fingerprint density at radius 3 is 2.10 bits per heavy atom. The van der Waals surface area contributed by atoms with E-state index in [-0.39, 0.29) is 5.91 Å². The Morgan fingerprint density at radius 2 is 1.45 bits per heavy atom. The third-order valence-electron chi connectivity index (χ3n) is 4.71. The SMILES string of the molecule is COc1cc(C)c(NC(=O)c2ccc(OCc3ccc(Cl)cc3)c(OC)c2)cc1OC. The van der Waals surface area contributed by atoms with Crippen molar-refractivity contribution in [1.82, 2.24) is 0 Å². The summed E-state index contributed by atoms with van der Waals surface area (Å²) >= 11 is 5.91. The van der Waals surface area contributed by atoms with Gasteiger partial charge in [-0.25, -0.2) is 0 Å². The molecule has 6 nitrogen and oxygen atoms in total. The smallest absolute Gasteiger partial charge is 0.255 e. The van der Waals surface area contributed by atoms with E-state index in [1.807, 2.05) is 25.1 Å². The average Bonchev–Trinajstić information content (AvgIpc) is 2.79. The second-order valence-corrected chi connectivity index (χ2v) is 7.19. The average molecular weight is 442 g/mol. The van der Waals surface area contributed by atoms with E-state index in [0.717, 1.165) is 11.1 Å². The number of methoxy groups -OCH3 is 3. The number of ether oxygens (including phenoxy) is 4. The van der Waals surface area contributed by atoms with Crippen molar-refractivity contribution in [3.05, 3.63) is 76.3 Å². The molecule has 0 atom stereocenters. The van der Waals surface area contributed by atoms with Crippen LogP contribution in [0.3, 0.4) is 0 Å². The number of aryl methyl sites for hydroxylation is 1. The van der Waals surface area contributed by atoms with Gasteiger partial charge in [0.25, 0.3) is 5.91 Å². The third-order valence-corrected chi connectivity index (χ3v) is 4.96. The number of rotatable bonds is 8. The lowest BCUT2D eigenvalue weighted by molar-refractivity contribution is 0.102. The standard InChI is InChI=1S/C24H24ClNO5/c1-15-11-21(28-2)23(30-4)13-19(15)26-24(27)17-7-10-20(22(12-17)29-3)31-14-16-5-8-18(25)9-6-16/h5-13H,14H2,1-4H3,(H,26,27). The molecule has 0 fully saturated rings. The van der Waals surface area contributed by atoms with E-state index in [2.05, 4.69) is 5.32 Å². The number of carbonyl (C=O) groups is 1. The molecule has 0 aromatic heterocycles. The van der Waals surface area contributed by atoms with Crippen LogP contribution < -0.4 is 24.3 Å². The molecule has 0 aliphatic carbocycles. The Labute approximate surface area is 186 Å². The quantitative estimate of drug-likeness (QED) is 0.499. The maximum absolute atomic E-state index is 12.8. The predicted octanol–water partition coefficient (Wildman–Crippen LogP) is 5.51. The first-order chi connectivity index (χ1) is 14.9. The van der Waals surface area contributed by atoms with Crippen LogP contribution in [0.5, 0.6) is 23.0 Å². The highest BCUT2D eigenvalue weighted by atomic mass is 35.5. The van der Waals surface area contributed by atoms with Crippen LogP contribution >= 0.6 is 11.6 Å². The zero-order valence-electron chi connectivity index (χ0n) is 17.8. The molecule has 3 aromatic rings. The zero-order valence-corrected chi connectivity index (χ0v) is 18.6. The number of halogens is 1. The van der Waals surface area contributed by atoms with Gasteiger partial charge in [-0.1, -0.05) is 23.7 Å². The summed E-state index contributed by atoms with van der Waals surface area (Å²) in [5.41, 5.74) is 2.88. The molecule has 162 valence electrons. The van der Waals surface area contributed by atoms with Crippen molar-refractivity contribution < 1.29 is 23.7 Å². The topological polar surface area (TPSA) is 66.0 Å². The van der Waals surface area contributed by atoms with E-state index in [1.165, 1.54) is 7.11 Å². The second-order valence-electron chi connectivity index (χ2n) is 6.76. The fourth-order valence-corrected chi connectivity index (χ4v) is 3.11. The summed E-state index contributed by atoms with van der Waals surface area (Å²) in [7, 11) is 4.65. The van der Waals surface area contributed by atoms with Gasteiger partial charge in [0.1, 0.15) is 6.61 Å². The summed E-state index contributed by atoms with van der Waals surface area (Å²) in [6, 6.07) is 16.0. The van der Waals surface area contributed by atoms with Gasteiger partial charge < -0.3 is 24.3 Å². The van der Waals surface area contributed by atoms with Crippen LogP contribution in [0.1, 0.15) is 21.5 Å². The fraction of sp³-hybridized carbons (Fsp3) is 0.208. The van der Waals surface area contributed by atoms with Crippen molar-refractivity contribution in [2.75, 3.05) is 26.6 Å². The Hall–Kier alpha value is -3.38. The molecule has 0 heterocycles. The van der Waals surface area contributed by atoms with Gasteiger partial charge in [-0.15, -0.1) is 0 Å². The molecule has 1 N–H and O–H groups in total. The molecule has 0 unspecified atom stereocenters. The highest BCUT2D eigenvalue weighted by Crippen LogP contribution is 2.34. The Balaban J connectivity index is 1.75. The second kappa shape index (κ2) is 10.1. The summed E-state index contributed by atoms with van der Waals surface area (Å²) in [6.07, 6.45) is 0. The zero-order chi connectivity index (χ0) is 22.4. The molecule has 0 saturated carbocycles. The van der Waals surface area contributed by atoms with Gasteiger partial charge in [-0.2, -0.15) is 0 Å². The number of hydrogen-bond acceptors (Lipinski definition) is 5. The minimum Gasteiger partial charge on any atom is -0.493 e. The summed E-state index contributed by atoms with van der Waals surface area (Å²) in [5, 5.41) is 3.57. The maximum atomic E-state index is 12.8. The van der Waals surface area contributed by atoms with Crippen molar-refractivity contribution in [1.29, 1.82) is 0 Å². The molecule has 0 aliphatic rings. The molecule has 0 bridgehead atoms. The molecule has 0 aliphatic heterocycles. The molecular weight excluding hydrogens is 418 g/mol. The highest BCUT2D eigenvalue weighted by molar-refractivity contribution is 6.30. The van der Waals surface area contributed by atoms with Gasteiger partial charge in [0.05, 0.1) is 21.3 Å². The van der Waals surface area contributed by atoms with Gasteiger partial charge in [0, 0.05) is 22.3 Å². The molecule has 3 aromatic carbocycles. The van der Waals surface area contributed by atoms with E-state index in [4.69, 9.17) is 30.5 Å². The monoisotopic (exact) mass is 441 g/mol. The lowest BCUT2D eigenvalue weighted by atomic mass is 10.1. The van der Waals surface area contributed by atoms with Crippen LogP contribution in [0.4, 0.5) is 5.69 Å². The predicted molar refractivity (Wildman–Crippen MR) is 121 cm³/mol. The van der Waals surface area contributed by atoms with Crippen LogP contribution in [-0.4, -0.2) is 27.2 Å². The van der Waals surface area contributed by atoms with Crippen molar-refractivity contribution in [3.8, 4) is 23.0 Å². The first-order valence-corrected chi connectivity index (χ1v) is 9.92. The minimum absolute atomic E-state index is 0.280. The van der Waals surface area contributed by atoms with Crippen molar-refractivity contribution in [2.45, 2.75) is 13.5 Å². The molecule has 0 spiro atoms. The normalized spacial score (nSPS) is 10.4. The van der Waals surface area contributed by atoms with Gasteiger partial charge in [0.15, 0.2) is 23.0 Å². The van der Waals surface area contributed by atoms with Gasteiger partial charge in [-0.3, -0.25) is 4.79 Å². The molecule has 31 heavy (non-hydrogen) atoms. The van der Waals surface area contributed by atoms with Crippen molar-refractivity contribution in [2.24, 2.45) is 0 Å². The van der Waals surface area contributed by atoms with E-state index < -0.39 is 0 Å². The maximum Gasteiger partial charge on any atom is 0.255 e. The Morgan fingerprint density at radius 1 is 0.839 bits per heavy atom. The summed E-state index contributed by atoms with van der Waals surface area (Å²) in [4.78, 5) is 12.8. The Kier molecular flexibility index (Phi) is 7.26. The number of nitrogens with one attached hydrogen (secondary N) is 1. The fourth-order valence-electron chi connectivity index (χ4n) is 2.98. The number of benzene rings is 3. The summed E-state index contributed by atoms with van der Waals surface area (Å²) in [5.74, 6) is 1.86. The molecule has 0 saturated heterocycles. The summed E-state index contributed by atoms with van der Waals surface area (Å²) in [6.45, 7) is 2.23. The van der Waals surface area contributed by atoms with E-state index in [9.17, 15) is 4.79 Å². The molecule has 0 radical (unpaired) electrons. The van der Waals surface area contributed by atoms with Crippen LogP contribution in [0.2, 0.25) is 5.02 Å². The molecule has 3 rings (SSSR count). The Bertz CT molecular complexity index is 1070. The van der Waals surface area contributed by atoms with Gasteiger partial charge in [-0.05, 0) is 54.4 Å². The number of anilines is 1. The van der Waals surface area contributed by atoms with Crippen molar-refractivity contribution in [3.63, 3.8) is 0 Å². The third kappa shape index (κ3) is 5.41. The van der Waals surface area contributed by atoms with Crippen LogP contribution in [0.15, 0.2) is 54.6 Å². The number of carbonyl (C=O) groups excluding carboxylic acids is 1. The molecular formula is C24H24ClNO5. The lowest BCUT2D eigenvalue weighted by Crippen LogP contribution is -2.13. The number of hydrogen-bond donors (Lipinski definition) is 1. The largest absolute Gasteiger partial charge is 0.493 e. The van der Waals surface area contributed by atoms with Crippen LogP contribution in [0, 0.1) is 6.92 Å². The lowest BCUT2D eigenvalue weighted by Gasteiger charge is -2.15. The van der Waals surface area contributed by atoms with Crippen LogP contribution in [0.25, 0.3) is 0 Å². The van der Waals surface area contributed by atoms with Gasteiger partial charge >= 0.3 is 0 Å². The van der Waals surface area contributed by atoms with E-state index in [1.54, 1.807) is 50.6 Å². The van der Waals surface area contributed by atoms with E-state index in [0.29, 0.717) is 45.9 Å². The van der Waals surface area contributed by atoms with E-state index >= 15 is 0 Å². The summed E-state index contributed by atoms with van der Waals surface area (Å²) < 4.78 is 21.9. The highest BCUT2D eigenvalue weighted by Gasteiger charge is 2.15. The molecule has 7 heteroatoms. The van der Waals surface area contributed by atoms with Crippen molar-refractivity contribution >= 4 is 23.2 Å². The first-order valence-electron chi connectivity index (χ1n) is 9.54.